The summed E-state index contributed by atoms with van der Waals surface area (Å²) in [5.41, 5.74) is -5.71. The SMILES string of the molecule is CC(C)OC(=O)[C@H](C)NP(=O)(OC[C@H]1O[C@@H](n2ccc(=S)[nH]c2=O)C(F)(C(F)(F)F)[C@H]1O)Oc1ccccc1. The molecule has 17 heteroatoms. The minimum atomic E-state index is -5.71. The molecule has 2 heterocycles. The van der Waals surface area contributed by atoms with Gasteiger partial charge in [0.2, 0.25) is 0 Å². The zero-order valence-electron chi connectivity index (χ0n) is 20.8. The molecule has 2 unspecified atom stereocenters. The van der Waals surface area contributed by atoms with E-state index in [9.17, 15) is 32.4 Å². The largest absolute Gasteiger partial charge is 0.462 e. The molecule has 216 valence electrons. The number of halogens is 4. The van der Waals surface area contributed by atoms with Gasteiger partial charge in [-0.1, -0.05) is 30.4 Å². The molecule has 0 aliphatic carbocycles. The number of hydrogen-bond acceptors (Lipinski definition) is 9. The number of para-hydroxylation sites is 1. The summed E-state index contributed by atoms with van der Waals surface area (Å²) in [5, 5.41) is 12.7. The van der Waals surface area contributed by atoms with Gasteiger partial charge in [0.1, 0.15) is 28.6 Å². The van der Waals surface area contributed by atoms with Crippen molar-refractivity contribution in [2.24, 2.45) is 0 Å². The molecule has 0 saturated carbocycles. The van der Waals surface area contributed by atoms with E-state index in [-0.39, 0.29) is 15.0 Å². The summed E-state index contributed by atoms with van der Waals surface area (Å²) in [7, 11) is -4.60. The second kappa shape index (κ2) is 11.9. The van der Waals surface area contributed by atoms with Crippen LogP contribution in [-0.4, -0.2) is 63.4 Å². The number of aliphatic hydroxyl groups is 1. The van der Waals surface area contributed by atoms with Crippen molar-refractivity contribution in [3.05, 3.63) is 57.7 Å². The summed E-state index contributed by atoms with van der Waals surface area (Å²) in [4.78, 5) is 26.5. The molecular formula is C22H26F4N3O8PS. The number of esters is 1. The number of carbonyl (C=O) groups is 1. The summed E-state index contributed by atoms with van der Waals surface area (Å²) in [6.45, 7) is 3.31. The summed E-state index contributed by atoms with van der Waals surface area (Å²) in [5.74, 6) is -0.854. The van der Waals surface area contributed by atoms with Gasteiger partial charge in [-0.25, -0.2) is 13.8 Å². The van der Waals surface area contributed by atoms with Crippen LogP contribution in [0.4, 0.5) is 17.6 Å². The number of alkyl halides is 4. The van der Waals surface area contributed by atoms with Gasteiger partial charge in [0.05, 0.1) is 12.7 Å². The number of aromatic nitrogens is 2. The average molecular weight is 599 g/mol. The van der Waals surface area contributed by atoms with E-state index in [1.807, 2.05) is 4.98 Å². The van der Waals surface area contributed by atoms with Gasteiger partial charge in [-0.2, -0.15) is 18.3 Å². The second-order valence-electron chi connectivity index (χ2n) is 8.79. The van der Waals surface area contributed by atoms with Crippen LogP contribution >= 0.6 is 20.0 Å². The van der Waals surface area contributed by atoms with E-state index in [0.717, 1.165) is 12.3 Å². The van der Waals surface area contributed by atoms with Crippen LogP contribution < -0.4 is 15.3 Å². The van der Waals surface area contributed by atoms with Crippen molar-refractivity contribution < 1.29 is 50.5 Å². The Morgan fingerprint density at radius 2 is 1.92 bits per heavy atom. The lowest BCUT2D eigenvalue weighted by molar-refractivity contribution is -0.274. The molecule has 3 N–H and O–H groups in total. The van der Waals surface area contributed by atoms with Crippen molar-refractivity contribution in [3.8, 4) is 5.75 Å². The van der Waals surface area contributed by atoms with Crippen LogP contribution in [0.15, 0.2) is 47.4 Å². The van der Waals surface area contributed by atoms with E-state index in [4.69, 9.17) is 30.7 Å². The number of aromatic amines is 1. The third-order valence-corrected chi connectivity index (χ3v) is 7.30. The predicted octanol–water partition coefficient (Wildman–Crippen LogP) is 3.57. The molecule has 0 bridgehead atoms. The van der Waals surface area contributed by atoms with Gasteiger partial charge >= 0.3 is 25.6 Å². The molecule has 2 aromatic rings. The Balaban J connectivity index is 1.90. The molecule has 1 aliphatic heterocycles. The van der Waals surface area contributed by atoms with E-state index in [1.54, 1.807) is 19.9 Å². The van der Waals surface area contributed by atoms with Gasteiger partial charge < -0.3 is 19.1 Å². The third kappa shape index (κ3) is 6.94. The predicted molar refractivity (Wildman–Crippen MR) is 130 cm³/mol. The zero-order chi connectivity index (χ0) is 29.2. The van der Waals surface area contributed by atoms with Gasteiger partial charge in [-0.15, -0.1) is 0 Å². The van der Waals surface area contributed by atoms with Crippen LogP contribution in [0.25, 0.3) is 0 Å². The Morgan fingerprint density at radius 3 is 2.49 bits per heavy atom. The molecule has 11 nitrogen and oxygen atoms in total. The highest BCUT2D eigenvalue weighted by molar-refractivity contribution is 7.71. The maximum absolute atomic E-state index is 15.6. The molecule has 1 saturated heterocycles. The van der Waals surface area contributed by atoms with Crippen molar-refractivity contribution in [1.82, 2.24) is 14.6 Å². The molecule has 0 spiro atoms. The van der Waals surface area contributed by atoms with Crippen molar-refractivity contribution in [3.63, 3.8) is 0 Å². The Bertz CT molecular complexity index is 1320. The van der Waals surface area contributed by atoms with E-state index in [0.29, 0.717) is 0 Å². The Kier molecular flexibility index (Phi) is 9.40. The van der Waals surface area contributed by atoms with Crippen LogP contribution in [0.1, 0.15) is 27.0 Å². The molecule has 39 heavy (non-hydrogen) atoms. The molecule has 3 rings (SSSR count). The average Bonchev–Trinajstić information content (AvgIpc) is 3.09. The summed E-state index contributed by atoms with van der Waals surface area (Å²) < 4.78 is 91.7. The topological polar surface area (TPSA) is 141 Å². The second-order valence-corrected chi connectivity index (χ2v) is 10.9. The van der Waals surface area contributed by atoms with Crippen molar-refractivity contribution in [2.45, 2.75) is 63.2 Å². The lowest BCUT2D eigenvalue weighted by atomic mass is 9.95. The summed E-state index contributed by atoms with van der Waals surface area (Å²) in [6, 6.07) is 7.17. The van der Waals surface area contributed by atoms with Crippen molar-refractivity contribution in [1.29, 1.82) is 0 Å². The minimum absolute atomic E-state index is 0.00949. The number of nitrogens with zero attached hydrogens (tertiary/aromatic N) is 1. The smallest absolute Gasteiger partial charge is 0.459 e. The number of nitrogens with one attached hydrogen (secondary N) is 2. The fourth-order valence-electron chi connectivity index (χ4n) is 3.58. The number of rotatable bonds is 10. The standard InChI is InChI=1S/C22H26F4N3O8PS/c1-12(2)35-18(31)13(3)28-38(33,37-14-7-5-4-6-8-14)34-11-15-17(30)21(23,22(24,25)26)19(36-15)29-10-9-16(39)27-20(29)32/h4-10,12-13,15,17,19,30H,11H2,1-3H3,(H,28,33)(H,27,32,39)/t13-,15+,17-,19+,21?,38?/m0/s1. The number of ether oxygens (including phenoxy) is 2. The first-order chi connectivity index (χ1) is 18.1. The molecule has 1 aromatic carbocycles. The van der Waals surface area contributed by atoms with E-state index >= 15 is 4.39 Å². The fraction of sp³-hybridized carbons (Fsp3) is 0.500. The number of H-pyrrole nitrogens is 1. The van der Waals surface area contributed by atoms with Crippen molar-refractivity contribution in [2.75, 3.05) is 6.61 Å². The van der Waals surface area contributed by atoms with E-state index in [1.165, 1.54) is 31.2 Å². The molecule has 1 aliphatic rings. The van der Waals surface area contributed by atoms with Gasteiger partial charge in [0.15, 0.2) is 6.23 Å². The first kappa shape index (κ1) is 30.9. The van der Waals surface area contributed by atoms with Gasteiger partial charge in [-0.3, -0.25) is 18.9 Å². The molecule has 0 amide bonds. The molecule has 0 radical (unpaired) electrons. The summed E-state index contributed by atoms with van der Waals surface area (Å²) in [6.07, 6.45) is -13.2. The van der Waals surface area contributed by atoms with Crippen LogP contribution in [0.5, 0.6) is 5.75 Å². The maximum Gasteiger partial charge on any atom is 0.459 e. The number of hydrogen-bond donors (Lipinski definition) is 3. The Labute approximate surface area is 224 Å². The molecule has 1 fully saturated rings. The van der Waals surface area contributed by atoms with Gasteiger partial charge in [0.25, 0.3) is 5.67 Å². The Morgan fingerprint density at radius 1 is 1.28 bits per heavy atom. The van der Waals surface area contributed by atoms with Gasteiger partial charge in [-0.05, 0) is 39.0 Å². The lowest BCUT2D eigenvalue weighted by Gasteiger charge is -2.31. The van der Waals surface area contributed by atoms with Crippen LogP contribution in [0.2, 0.25) is 0 Å². The van der Waals surface area contributed by atoms with Crippen LogP contribution in [-0.2, 0) is 23.4 Å². The Hall–Kier alpha value is -2.62. The van der Waals surface area contributed by atoms with E-state index < -0.39 is 68.4 Å². The van der Waals surface area contributed by atoms with Crippen LogP contribution in [0, 0.1) is 4.64 Å². The zero-order valence-corrected chi connectivity index (χ0v) is 22.5. The highest BCUT2D eigenvalue weighted by Gasteiger charge is 2.73. The minimum Gasteiger partial charge on any atom is -0.462 e. The quantitative estimate of drug-likeness (QED) is 0.161. The summed E-state index contributed by atoms with van der Waals surface area (Å²) >= 11 is 4.74. The van der Waals surface area contributed by atoms with Crippen molar-refractivity contribution >= 4 is 25.9 Å². The molecule has 6 atom stereocenters. The maximum atomic E-state index is 15.6. The normalized spacial score (nSPS) is 25.7. The molecule has 1 aromatic heterocycles. The fourth-order valence-corrected chi connectivity index (χ4v) is 5.23. The first-order valence-electron chi connectivity index (χ1n) is 11.5. The first-order valence-corrected chi connectivity index (χ1v) is 13.4. The van der Waals surface area contributed by atoms with Crippen LogP contribution in [0.3, 0.4) is 0 Å². The highest BCUT2D eigenvalue weighted by Crippen LogP contribution is 2.52. The van der Waals surface area contributed by atoms with Gasteiger partial charge in [0, 0.05) is 6.20 Å². The highest BCUT2D eigenvalue weighted by atomic mass is 32.1. The molecular weight excluding hydrogens is 573 g/mol. The number of carbonyl (C=O) groups excluding carboxylic acids is 1. The van der Waals surface area contributed by atoms with E-state index in [2.05, 4.69) is 5.09 Å². The lowest BCUT2D eigenvalue weighted by Crippen LogP contribution is -2.55. The number of benzene rings is 1. The number of aliphatic hydroxyl groups excluding tert-OH is 1. The third-order valence-electron chi connectivity index (χ3n) is 5.42. The monoisotopic (exact) mass is 599 g/mol.